The Balaban J connectivity index is 1.51. The molecule has 24 heavy (non-hydrogen) atoms. The lowest BCUT2D eigenvalue weighted by molar-refractivity contribution is -0.138. The van der Waals surface area contributed by atoms with Crippen molar-refractivity contribution < 1.29 is 14.7 Å². The number of piperidine rings is 1. The molecule has 1 aromatic rings. The zero-order valence-electron chi connectivity index (χ0n) is 14.4. The molecule has 6 heteroatoms. The number of carbonyl (C=O) groups excluding carboxylic acids is 1. The van der Waals surface area contributed by atoms with E-state index in [0.29, 0.717) is 5.91 Å². The Morgan fingerprint density at radius 1 is 1.17 bits per heavy atom. The summed E-state index contributed by atoms with van der Waals surface area (Å²) >= 11 is 0. The van der Waals surface area contributed by atoms with E-state index >= 15 is 0 Å². The highest BCUT2D eigenvalue weighted by molar-refractivity contribution is 5.86. The van der Waals surface area contributed by atoms with Crippen LogP contribution in [0.2, 0.25) is 0 Å². The third-order valence-corrected chi connectivity index (χ3v) is 5.77. The van der Waals surface area contributed by atoms with Gasteiger partial charge in [0.25, 0.3) is 0 Å². The fraction of sp³-hybridized carbons (Fsp3) is 0.722. The Morgan fingerprint density at radius 3 is 2.38 bits per heavy atom. The van der Waals surface area contributed by atoms with Crippen LogP contribution in [0.25, 0.3) is 0 Å². The van der Waals surface area contributed by atoms with E-state index in [1.165, 1.54) is 25.5 Å². The molecule has 2 heterocycles. The summed E-state index contributed by atoms with van der Waals surface area (Å²) in [6.07, 6.45) is 10.4. The maximum Gasteiger partial charge on any atom is 0.338 e. The van der Waals surface area contributed by atoms with Crippen molar-refractivity contribution in [3.05, 3.63) is 18.0 Å². The van der Waals surface area contributed by atoms with Crippen LogP contribution in [-0.2, 0) is 4.79 Å². The Kier molecular flexibility index (Phi) is 5.21. The van der Waals surface area contributed by atoms with Crippen LogP contribution in [0.1, 0.15) is 68.3 Å². The number of aromatic nitrogens is 2. The normalized spacial score (nSPS) is 25.6. The molecule has 0 unspecified atom stereocenters. The van der Waals surface area contributed by atoms with Crippen molar-refractivity contribution in [2.75, 3.05) is 13.1 Å². The van der Waals surface area contributed by atoms with E-state index in [2.05, 4.69) is 12.0 Å². The van der Waals surface area contributed by atoms with Gasteiger partial charge in [-0.3, -0.25) is 9.48 Å². The summed E-state index contributed by atoms with van der Waals surface area (Å²) in [6, 6.07) is 0.193. The smallest absolute Gasteiger partial charge is 0.338 e. The Bertz CT molecular complexity index is 582. The summed E-state index contributed by atoms with van der Waals surface area (Å²) in [5.41, 5.74) is 0.223. The molecule has 0 bridgehead atoms. The van der Waals surface area contributed by atoms with E-state index < -0.39 is 5.97 Å². The molecule has 0 spiro atoms. The van der Waals surface area contributed by atoms with Crippen LogP contribution >= 0.6 is 0 Å². The fourth-order valence-electron chi connectivity index (χ4n) is 4.07. The van der Waals surface area contributed by atoms with Crippen LogP contribution in [0.15, 0.2) is 12.4 Å². The molecule has 1 aliphatic carbocycles. The largest absolute Gasteiger partial charge is 0.478 e. The zero-order chi connectivity index (χ0) is 17.1. The van der Waals surface area contributed by atoms with Crippen molar-refractivity contribution in [2.24, 2.45) is 11.8 Å². The first-order chi connectivity index (χ1) is 11.6. The highest BCUT2D eigenvalue weighted by atomic mass is 16.4. The van der Waals surface area contributed by atoms with Crippen molar-refractivity contribution in [3.63, 3.8) is 0 Å². The van der Waals surface area contributed by atoms with Crippen molar-refractivity contribution >= 4 is 11.9 Å². The zero-order valence-corrected chi connectivity index (χ0v) is 14.4. The van der Waals surface area contributed by atoms with Gasteiger partial charge in [0.05, 0.1) is 17.8 Å². The maximum absolute atomic E-state index is 12.7. The number of likely N-dealkylation sites (tertiary alicyclic amines) is 1. The van der Waals surface area contributed by atoms with E-state index in [4.69, 9.17) is 5.11 Å². The van der Waals surface area contributed by atoms with Crippen molar-refractivity contribution in [2.45, 2.75) is 57.9 Å². The third-order valence-electron chi connectivity index (χ3n) is 5.77. The summed E-state index contributed by atoms with van der Waals surface area (Å²) in [5, 5.41) is 13.2. The maximum atomic E-state index is 12.7. The number of carboxylic acids is 1. The second-order valence-corrected chi connectivity index (χ2v) is 7.20. The number of nitrogens with zero attached hydrogens (tertiary/aromatic N) is 3. The molecule has 0 aromatic carbocycles. The van der Waals surface area contributed by atoms with E-state index in [1.54, 1.807) is 10.9 Å². The quantitative estimate of drug-likeness (QED) is 0.919. The second-order valence-electron chi connectivity index (χ2n) is 7.20. The lowest BCUT2D eigenvalue weighted by Gasteiger charge is -2.36. The van der Waals surface area contributed by atoms with Gasteiger partial charge in [-0.25, -0.2) is 4.79 Å². The van der Waals surface area contributed by atoms with Crippen molar-refractivity contribution in [1.29, 1.82) is 0 Å². The molecular formula is C18H27N3O3. The number of aromatic carboxylic acids is 1. The topological polar surface area (TPSA) is 75.4 Å². The van der Waals surface area contributed by atoms with Gasteiger partial charge in [0.2, 0.25) is 5.91 Å². The number of rotatable bonds is 4. The predicted molar refractivity (Wildman–Crippen MR) is 89.8 cm³/mol. The highest BCUT2D eigenvalue weighted by Crippen LogP contribution is 2.33. The minimum absolute atomic E-state index is 0.193. The van der Waals surface area contributed by atoms with Crippen molar-refractivity contribution in [3.8, 4) is 0 Å². The number of hydrogen-bond acceptors (Lipinski definition) is 3. The van der Waals surface area contributed by atoms with Crippen LogP contribution in [0.5, 0.6) is 0 Å². The third kappa shape index (κ3) is 3.62. The summed E-state index contributed by atoms with van der Waals surface area (Å²) < 4.78 is 1.75. The molecule has 0 atom stereocenters. The van der Waals surface area contributed by atoms with E-state index in [9.17, 15) is 9.59 Å². The highest BCUT2D eigenvalue weighted by Gasteiger charge is 2.31. The standard InChI is InChI=1S/C18H27N3O3/c1-2-13-3-5-14(6-4-13)17(22)20-9-7-16(8-10-20)21-12-15(11-19-21)18(23)24/h11-14,16H,2-10H2,1H3,(H,23,24). The summed E-state index contributed by atoms with van der Waals surface area (Å²) in [6.45, 7) is 3.74. The molecule has 1 amide bonds. The molecule has 0 radical (unpaired) electrons. The minimum Gasteiger partial charge on any atom is -0.478 e. The average molecular weight is 333 g/mol. The molecule has 132 valence electrons. The molecule has 1 saturated heterocycles. The number of carboxylic acid groups (broad SMARTS) is 1. The lowest BCUT2D eigenvalue weighted by atomic mass is 9.80. The number of amides is 1. The summed E-state index contributed by atoms with van der Waals surface area (Å²) in [4.78, 5) is 25.7. The van der Waals surface area contributed by atoms with Crippen molar-refractivity contribution in [1.82, 2.24) is 14.7 Å². The first-order valence-corrected chi connectivity index (χ1v) is 9.14. The molecular weight excluding hydrogens is 306 g/mol. The van der Waals surface area contributed by atoms with Gasteiger partial charge in [-0.2, -0.15) is 5.10 Å². The molecule has 6 nitrogen and oxygen atoms in total. The van der Waals surface area contributed by atoms with E-state index in [0.717, 1.165) is 44.7 Å². The van der Waals surface area contributed by atoms with Crippen LogP contribution in [-0.4, -0.2) is 44.8 Å². The Hall–Kier alpha value is -1.85. The Morgan fingerprint density at radius 2 is 1.83 bits per heavy atom. The van der Waals surface area contributed by atoms with Crippen LogP contribution in [0.3, 0.4) is 0 Å². The summed E-state index contributed by atoms with van der Waals surface area (Å²) in [7, 11) is 0. The molecule has 2 aliphatic rings. The Labute approximate surface area is 142 Å². The van der Waals surface area contributed by atoms with E-state index in [-0.39, 0.29) is 17.5 Å². The number of hydrogen-bond donors (Lipinski definition) is 1. The first-order valence-electron chi connectivity index (χ1n) is 9.14. The van der Waals surface area contributed by atoms with Crippen LogP contribution in [0, 0.1) is 11.8 Å². The van der Waals surface area contributed by atoms with Gasteiger partial charge in [-0.1, -0.05) is 13.3 Å². The van der Waals surface area contributed by atoms with Gasteiger partial charge in [0, 0.05) is 25.2 Å². The van der Waals surface area contributed by atoms with Crippen LogP contribution in [0.4, 0.5) is 0 Å². The fourth-order valence-corrected chi connectivity index (χ4v) is 4.07. The van der Waals surface area contributed by atoms with Gasteiger partial charge >= 0.3 is 5.97 Å². The van der Waals surface area contributed by atoms with Crippen LogP contribution < -0.4 is 0 Å². The molecule has 1 N–H and O–H groups in total. The summed E-state index contributed by atoms with van der Waals surface area (Å²) in [5.74, 6) is 0.405. The van der Waals surface area contributed by atoms with Gasteiger partial charge < -0.3 is 10.0 Å². The van der Waals surface area contributed by atoms with E-state index in [1.807, 2.05) is 4.90 Å². The molecule has 3 rings (SSSR count). The molecule has 1 saturated carbocycles. The van der Waals surface area contributed by atoms with Gasteiger partial charge in [0.1, 0.15) is 0 Å². The number of carbonyl (C=O) groups is 2. The molecule has 1 aliphatic heterocycles. The van der Waals surface area contributed by atoms with Gasteiger partial charge in [-0.05, 0) is 44.4 Å². The molecule has 1 aromatic heterocycles. The van der Waals surface area contributed by atoms with Gasteiger partial charge in [-0.15, -0.1) is 0 Å². The SMILES string of the molecule is CCC1CCC(C(=O)N2CCC(n3cc(C(=O)O)cn3)CC2)CC1. The second kappa shape index (κ2) is 7.36. The monoisotopic (exact) mass is 333 g/mol. The predicted octanol–water partition coefficient (Wildman–Crippen LogP) is 2.96. The first kappa shape index (κ1) is 17.0. The molecule has 2 fully saturated rings. The van der Waals surface area contributed by atoms with Gasteiger partial charge in [0.15, 0.2) is 0 Å². The average Bonchev–Trinajstić information content (AvgIpc) is 3.12. The minimum atomic E-state index is -0.948. The lowest BCUT2D eigenvalue weighted by Crippen LogP contribution is -2.43.